The molecule has 0 fully saturated rings. The Morgan fingerprint density at radius 1 is 0.247 bits per heavy atom. The Morgan fingerprint density at radius 3 is 0.654 bits per heavy atom. The summed E-state index contributed by atoms with van der Waals surface area (Å²) in [5.41, 5.74) is 3.73. The molecule has 0 spiro atoms. The predicted octanol–water partition coefficient (Wildman–Crippen LogP) is 22.5. The number of rotatable bonds is 50. The average Bonchev–Trinajstić information content (AvgIpc) is 3.52. The van der Waals surface area contributed by atoms with Crippen molar-refractivity contribution in [1.82, 2.24) is 0 Å². The van der Waals surface area contributed by atoms with Crippen LogP contribution in [0.2, 0.25) is 0 Å². The van der Waals surface area contributed by atoms with Crippen molar-refractivity contribution in [2.75, 3.05) is 0 Å². The third-order valence-electron chi connectivity index (χ3n) is 17.1. The largest absolute Gasteiger partial charge is 2.00 e. The Balaban J connectivity index is 0.000000547. The van der Waals surface area contributed by atoms with Crippen molar-refractivity contribution in [3.05, 3.63) is 82.9 Å². The summed E-state index contributed by atoms with van der Waals surface area (Å²) in [7, 11) is -9.07. The first-order chi connectivity index (χ1) is 39.0. The zero-order valence-corrected chi connectivity index (χ0v) is 56.5. The van der Waals surface area contributed by atoms with Gasteiger partial charge in [0.15, 0.2) is 0 Å². The summed E-state index contributed by atoms with van der Waals surface area (Å²) in [4.78, 5) is 0.0516. The van der Waals surface area contributed by atoms with Gasteiger partial charge in [0, 0.05) is 0 Å². The van der Waals surface area contributed by atoms with Gasteiger partial charge in [-0.2, -0.15) is 0 Å². The zero-order valence-electron chi connectivity index (χ0n) is 52.7. The van der Waals surface area contributed by atoms with Gasteiger partial charge in [-0.3, -0.25) is 0 Å². The summed E-state index contributed by atoms with van der Waals surface area (Å²) in [6.07, 6.45) is 59.7. The molecule has 0 saturated heterocycles. The minimum atomic E-state index is -4.54. The number of unbranched alkanes of at least 4 members (excludes halogenated alkanes) is 40. The van der Waals surface area contributed by atoms with Crippen LogP contribution in [0, 0.1) is 0 Å². The molecule has 0 heterocycles. The van der Waals surface area contributed by atoms with Gasteiger partial charge in [0.2, 0.25) is 0 Å². The third kappa shape index (κ3) is 33.8. The van der Waals surface area contributed by atoms with Crippen LogP contribution in [0.15, 0.2) is 70.5 Å². The van der Waals surface area contributed by atoms with E-state index >= 15 is 0 Å². The van der Waals surface area contributed by atoms with Crippen LogP contribution in [0.4, 0.5) is 0 Å². The molecule has 0 unspecified atom stereocenters. The Hall–Kier alpha value is -1.52. The fourth-order valence-corrected chi connectivity index (χ4v) is 14.1. The monoisotopic (exact) mass is 1180 g/mol. The SMILES string of the molecule is CCCCCCCCCCCCCc1ccc2c(CCCCCCCCCCCCC)cccc2c1S(=O)(=O)[O-].CCCCCCCCCCCCCc1ccc2c(CCCCCCCCCCCCC)cccc2c1S(=O)(=O)[O-].[Ca+2]. The molecule has 0 bridgehead atoms. The first-order valence-electron chi connectivity index (χ1n) is 34.0. The molecule has 9 heteroatoms. The van der Waals surface area contributed by atoms with E-state index in [-0.39, 0.29) is 47.5 Å². The molecule has 0 saturated carbocycles. The molecule has 0 aromatic heterocycles. The molecule has 81 heavy (non-hydrogen) atoms. The summed E-state index contributed by atoms with van der Waals surface area (Å²) in [5, 5.41) is 3.12. The molecule has 6 nitrogen and oxygen atoms in total. The van der Waals surface area contributed by atoms with Gasteiger partial charge in [-0.1, -0.05) is 345 Å². The van der Waals surface area contributed by atoms with E-state index in [1.165, 1.54) is 255 Å². The second-order valence-electron chi connectivity index (χ2n) is 24.2. The van der Waals surface area contributed by atoms with Crippen molar-refractivity contribution < 1.29 is 25.9 Å². The van der Waals surface area contributed by atoms with E-state index in [1.54, 1.807) is 0 Å². The van der Waals surface area contributed by atoms with E-state index in [0.29, 0.717) is 34.7 Å². The van der Waals surface area contributed by atoms with Crippen LogP contribution in [-0.2, 0) is 45.9 Å². The van der Waals surface area contributed by atoms with Gasteiger partial charge < -0.3 is 9.11 Å². The predicted molar refractivity (Wildman–Crippen MR) is 350 cm³/mol. The van der Waals surface area contributed by atoms with Crippen molar-refractivity contribution in [1.29, 1.82) is 0 Å². The maximum absolute atomic E-state index is 12.4. The van der Waals surface area contributed by atoms with Crippen LogP contribution in [0.3, 0.4) is 0 Å². The van der Waals surface area contributed by atoms with E-state index in [2.05, 4.69) is 52.0 Å². The van der Waals surface area contributed by atoms with Gasteiger partial charge in [0.05, 0.1) is 9.79 Å². The summed E-state index contributed by atoms with van der Waals surface area (Å²) < 4.78 is 74.3. The minimum absolute atomic E-state index is 0. The van der Waals surface area contributed by atoms with Crippen LogP contribution in [0.5, 0.6) is 0 Å². The van der Waals surface area contributed by atoms with Crippen molar-refractivity contribution in [3.8, 4) is 0 Å². The molecule has 0 aliphatic heterocycles. The molecule has 0 aliphatic rings. The zero-order chi connectivity index (χ0) is 57.8. The molecule has 0 amide bonds. The van der Waals surface area contributed by atoms with E-state index in [9.17, 15) is 25.9 Å². The fraction of sp³-hybridized carbons (Fsp3) is 0.722. The van der Waals surface area contributed by atoms with Crippen LogP contribution >= 0.6 is 0 Å². The third-order valence-corrected chi connectivity index (χ3v) is 19.0. The molecule has 0 atom stereocenters. The van der Waals surface area contributed by atoms with Gasteiger partial charge in [-0.25, -0.2) is 16.8 Å². The van der Waals surface area contributed by atoms with Crippen LogP contribution in [0.25, 0.3) is 21.5 Å². The van der Waals surface area contributed by atoms with Crippen LogP contribution in [-0.4, -0.2) is 63.7 Å². The van der Waals surface area contributed by atoms with Gasteiger partial charge in [0.1, 0.15) is 20.2 Å². The number of aryl methyl sites for hydroxylation is 4. The Morgan fingerprint density at radius 2 is 0.444 bits per heavy atom. The van der Waals surface area contributed by atoms with Crippen molar-refractivity contribution >= 4 is 79.5 Å². The summed E-state index contributed by atoms with van der Waals surface area (Å²) >= 11 is 0. The van der Waals surface area contributed by atoms with Crippen molar-refractivity contribution in [2.45, 2.75) is 346 Å². The molecule has 0 radical (unpaired) electrons. The average molecular weight is 1180 g/mol. The quantitative estimate of drug-likeness (QED) is 0.0247. The van der Waals surface area contributed by atoms with Crippen molar-refractivity contribution in [3.63, 3.8) is 0 Å². The maximum atomic E-state index is 12.4. The summed E-state index contributed by atoms with van der Waals surface area (Å²) in [6.45, 7) is 9.04. The minimum Gasteiger partial charge on any atom is -0.744 e. The normalized spacial score (nSPS) is 11.8. The molecule has 0 N–H and O–H groups in total. The van der Waals surface area contributed by atoms with Gasteiger partial charge in [-0.05, 0) is 95.2 Å². The molecular weight excluding hydrogens is 1060 g/mol. The second-order valence-corrected chi connectivity index (χ2v) is 26.8. The first-order valence-corrected chi connectivity index (χ1v) is 36.8. The van der Waals surface area contributed by atoms with Gasteiger partial charge in [-0.15, -0.1) is 0 Å². The summed E-state index contributed by atoms with van der Waals surface area (Å²) in [5.74, 6) is 0. The standard InChI is InChI=1S/2C36H60O3S.Ca/c2*1-3-5-7-9-11-13-15-17-19-21-23-26-32-28-25-29-35-34(32)31-30-33(36(35)40(37,38)39)27-24-22-20-18-16-14-12-10-8-6-4-2;/h2*25,28-31H,3-24,26-27H2,1-2H3,(H,37,38,39);/q;;+2/p-2. The topological polar surface area (TPSA) is 114 Å². The van der Waals surface area contributed by atoms with Gasteiger partial charge in [0.25, 0.3) is 0 Å². The number of hydrogen-bond donors (Lipinski definition) is 0. The molecule has 4 aromatic carbocycles. The molecule has 4 aromatic rings. The molecule has 4 rings (SSSR count). The fourth-order valence-electron chi connectivity index (χ4n) is 12.2. The Kier molecular flexibility index (Phi) is 45.3. The number of hydrogen-bond acceptors (Lipinski definition) is 6. The summed E-state index contributed by atoms with van der Waals surface area (Å²) in [6, 6.07) is 19.7. The van der Waals surface area contributed by atoms with Crippen molar-refractivity contribution in [2.24, 2.45) is 0 Å². The van der Waals surface area contributed by atoms with E-state index < -0.39 is 20.2 Å². The Bertz CT molecular complexity index is 2230. The molecule has 456 valence electrons. The van der Waals surface area contributed by atoms with E-state index in [4.69, 9.17) is 0 Å². The van der Waals surface area contributed by atoms with Gasteiger partial charge >= 0.3 is 37.7 Å². The Labute approximate surface area is 529 Å². The smallest absolute Gasteiger partial charge is 0.744 e. The number of benzene rings is 4. The first kappa shape index (κ1) is 75.6. The van der Waals surface area contributed by atoms with E-state index in [0.717, 1.165) is 62.1 Å². The molecule has 0 aliphatic carbocycles. The maximum Gasteiger partial charge on any atom is 2.00 e. The van der Waals surface area contributed by atoms with Crippen LogP contribution < -0.4 is 0 Å². The molecular formula is C72H118CaO6S2. The van der Waals surface area contributed by atoms with E-state index in [1.807, 2.05) is 36.4 Å². The van der Waals surface area contributed by atoms with Crippen LogP contribution in [0.1, 0.15) is 332 Å². The second kappa shape index (κ2) is 48.6. The number of fused-ring (bicyclic) bond motifs is 2.